The zero-order chi connectivity index (χ0) is 12.8. The average Bonchev–Trinajstić information content (AvgIpc) is 2.28. The Morgan fingerprint density at radius 1 is 1.41 bits per heavy atom. The van der Waals surface area contributed by atoms with Crippen molar-refractivity contribution in [1.82, 2.24) is 5.32 Å². The minimum atomic E-state index is 0.00259. The molecule has 0 bridgehead atoms. The van der Waals surface area contributed by atoms with E-state index >= 15 is 0 Å². The van der Waals surface area contributed by atoms with Crippen molar-refractivity contribution in [3.8, 4) is 0 Å². The SMILES string of the molecule is CCC(CCN)NC(=O)c1ccc(C)cc1C. The molecule has 1 amide bonds. The number of nitrogens with two attached hydrogens (primary N) is 1. The van der Waals surface area contributed by atoms with E-state index in [1.807, 2.05) is 32.0 Å². The van der Waals surface area contributed by atoms with E-state index in [4.69, 9.17) is 5.73 Å². The third-order valence-corrected chi connectivity index (χ3v) is 2.97. The van der Waals surface area contributed by atoms with E-state index in [1.54, 1.807) is 0 Å². The van der Waals surface area contributed by atoms with Gasteiger partial charge in [0.2, 0.25) is 0 Å². The van der Waals surface area contributed by atoms with E-state index in [0.29, 0.717) is 6.54 Å². The Kier molecular flexibility index (Phi) is 5.16. The third kappa shape index (κ3) is 3.86. The standard InChI is InChI=1S/C14H22N2O/c1-4-12(7-8-15)16-14(17)13-6-5-10(2)9-11(13)3/h5-6,9,12H,4,7-8,15H2,1-3H3,(H,16,17). The summed E-state index contributed by atoms with van der Waals surface area (Å²) >= 11 is 0. The maximum Gasteiger partial charge on any atom is 0.251 e. The molecule has 1 aromatic carbocycles. The Balaban J connectivity index is 2.75. The zero-order valence-electron chi connectivity index (χ0n) is 10.9. The fourth-order valence-corrected chi connectivity index (χ4v) is 1.91. The second-order valence-corrected chi connectivity index (χ2v) is 4.47. The molecule has 1 rings (SSSR count). The van der Waals surface area contributed by atoms with Crippen molar-refractivity contribution in [3.05, 3.63) is 34.9 Å². The highest BCUT2D eigenvalue weighted by Crippen LogP contribution is 2.11. The summed E-state index contributed by atoms with van der Waals surface area (Å²) in [5.74, 6) is 0.00259. The van der Waals surface area contributed by atoms with Gasteiger partial charge in [-0.2, -0.15) is 0 Å². The Labute approximate surface area is 103 Å². The summed E-state index contributed by atoms with van der Waals surface area (Å²) in [5, 5.41) is 3.03. The van der Waals surface area contributed by atoms with Crippen molar-refractivity contribution >= 4 is 5.91 Å². The molecular weight excluding hydrogens is 212 g/mol. The first-order valence-corrected chi connectivity index (χ1v) is 6.16. The fraction of sp³-hybridized carbons (Fsp3) is 0.500. The maximum atomic E-state index is 12.1. The Morgan fingerprint density at radius 3 is 2.65 bits per heavy atom. The average molecular weight is 234 g/mol. The summed E-state index contributed by atoms with van der Waals surface area (Å²) < 4.78 is 0. The molecule has 0 fully saturated rings. The number of carbonyl (C=O) groups excluding carboxylic acids is 1. The van der Waals surface area contributed by atoms with Crippen molar-refractivity contribution < 1.29 is 4.79 Å². The zero-order valence-corrected chi connectivity index (χ0v) is 10.9. The summed E-state index contributed by atoms with van der Waals surface area (Å²) in [6.07, 6.45) is 1.74. The van der Waals surface area contributed by atoms with Crippen molar-refractivity contribution in [2.45, 2.75) is 39.7 Å². The fourth-order valence-electron chi connectivity index (χ4n) is 1.91. The highest BCUT2D eigenvalue weighted by atomic mass is 16.1. The molecule has 0 spiro atoms. The van der Waals surface area contributed by atoms with E-state index in [-0.39, 0.29) is 11.9 Å². The van der Waals surface area contributed by atoms with Crippen LogP contribution in [0.3, 0.4) is 0 Å². The lowest BCUT2D eigenvalue weighted by molar-refractivity contribution is 0.0934. The van der Waals surface area contributed by atoms with Gasteiger partial charge < -0.3 is 11.1 Å². The number of nitrogens with one attached hydrogen (secondary N) is 1. The van der Waals surface area contributed by atoms with E-state index in [1.165, 1.54) is 5.56 Å². The summed E-state index contributed by atoms with van der Waals surface area (Å²) in [5.41, 5.74) is 8.47. The molecule has 1 aromatic rings. The van der Waals surface area contributed by atoms with Gasteiger partial charge in [-0.25, -0.2) is 0 Å². The van der Waals surface area contributed by atoms with Crippen molar-refractivity contribution in [2.75, 3.05) is 6.54 Å². The van der Waals surface area contributed by atoms with E-state index in [0.717, 1.165) is 24.0 Å². The highest BCUT2D eigenvalue weighted by Gasteiger charge is 2.13. The second kappa shape index (κ2) is 6.40. The minimum Gasteiger partial charge on any atom is -0.349 e. The monoisotopic (exact) mass is 234 g/mol. The number of benzene rings is 1. The van der Waals surface area contributed by atoms with Gasteiger partial charge in [0.05, 0.1) is 0 Å². The molecule has 94 valence electrons. The van der Waals surface area contributed by atoms with Crippen LogP contribution in [-0.4, -0.2) is 18.5 Å². The Hall–Kier alpha value is -1.35. The van der Waals surface area contributed by atoms with Crippen LogP contribution in [0.5, 0.6) is 0 Å². The van der Waals surface area contributed by atoms with Gasteiger partial charge in [-0.1, -0.05) is 24.6 Å². The molecular formula is C14H22N2O. The lowest BCUT2D eigenvalue weighted by atomic mass is 10.0. The van der Waals surface area contributed by atoms with Gasteiger partial charge >= 0.3 is 0 Å². The van der Waals surface area contributed by atoms with Crippen LogP contribution < -0.4 is 11.1 Å². The van der Waals surface area contributed by atoms with Crippen molar-refractivity contribution in [1.29, 1.82) is 0 Å². The Morgan fingerprint density at radius 2 is 2.12 bits per heavy atom. The molecule has 0 heterocycles. The lowest BCUT2D eigenvalue weighted by Gasteiger charge is -2.17. The Bertz CT molecular complexity index is 388. The molecule has 0 aromatic heterocycles. The smallest absolute Gasteiger partial charge is 0.251 e. The van der Waals surface area contributed by atoms with Gasteiger partial charge in [-0.3, -0.25) is 4.79 Å². The molecule has 0 saturated carbocycles. The number of rotatable bonds is 5. The number of carbonyl (C=O) groups is 1. The number of amides is 1. The summed E-state index contributed by atoms with van der Waals surface area (Å²) in [4.78, 5) is 12.1. The first-order chi connectivity index (χ1) is 8.08. The molecule has 17 heavy (non-hydrogen) atoms. The molecule has 1 atom stereocenters. The first kappa shape index (κ1) is 13.7. The van der Waals surface area contributed by atoms with Gasteiger partial charge in [0.1, 0.15) is 0 Å². The third-order valence-electron chi connectivity index (χ3n) is 2.97. The van der Waals surface area contributed by atoms with Crippen LogP contribution in [0.4, 0.5) is 0 Å². The van der Waals surface area contributed by atoms with Crippen molar-refractivity contribution in [3.63, 3.8) is 0 Å². The second-order valence-electron chi connectivity index (χ2n) is 4.47. The molecule has 3 N–H and O–H groups in total. The minimum absolute atomic E-state index is 0.00259. The number of hydrogen-bond donors (Lipinski definition) is 2. The molecule has 0 aliphatic heterocycles. The van der Waals surface area contributed by atoms with Gasteiger partial charge in [0.25, 0.3) is 5.91 Å². The molecule has 3 heteroatoms. The van der Waals surface area contributed by atoms with Gasteiger partial charge in [-0.05, 0) is 44.9 Å². The molecule has 3 nitrogen and oxygen atoms in total. The van der Waals surface area contributed by atoms with E-state index < -0.39 is 0 Å². The molecule has 0 radical (unpaired) electrons. The van der Waals surface area contributed by atoms with Crippen LogP contribution in [-0.2, 0) is 0 Å². The number of aryl methyl sites for hydroxylation is 2. The molecule has 1 unspecified atom stereocenters. The summed E-state index contributed by atoms with van der Waals surface area (Å²) in [7, 11) is 0. The van der Waals surface area contributed by atoms with Crippen LogP contribution in [0.15, 0.2) is 18.2 Å². The number of hydrogen-bond acceptors (Lipinski definition) is 2. The quantitative estimate of drug-likeness (QED) is 0.820. The molecule has 0 saturated heterocycles. The van der Waals surface area contributed by atoms with E-state index in [9.17, 15) is 4.79 Å². The maximum absolute atomic E-state index is 12.1. The van der Waals surface area contributed by atoms with Crippen LogP contribution >= 0.6 is 0 Å². The normalized spacial score (nSPS) is 12.2. The highest BCUT2D eigenvalue weighted by molar-refractivity contribution is 5.95. The van der Waals surface area contributed by atoms with E-state index in [2.05, 4.69) is 12.2 Å². The molecule has 0 aliphatic rings. The summed E-state index contributed by atoms with van der Waals surface area (Å²) in [6.45, 7) is 6.65. The van der Waals surface area contributed by atoms with Crippen LogP contribution in [0.2, 0.25) is 0 Å². The lowest BCUT2D eigenvalue weighted by Crippen LogP contribution is -2.36. The van der Waals surface area contributed by atoms with Gasteiger partial charge in [-0.15, -0.1) is 0 Å². The largest absolute Gasteiger partial charge is 0.349 e. The van der Waals surface area contributed by atoms with Crippen molar-refractivity contribution in [2.24, 2.45) is 5.73 Å². The molecule has 0 aliphatic carbocycles. The van der Waals surface area contributed by atoms with Gasteiger partial charge in [0, 0.05) is 11.6 Å². The van der Waals surface area contributed by atoms with Crippen LogP contribution in [0, 0.1) is 13.8 Å². The summed E-state index contributed by atoms with van der Waals surface area (Å²) in [6, 6.07) is 6.05. The first-order valence-electron chi connectivity index (χ1n) is 6.16. The predicted octanol–water partition coefficient (Wildman–Crippen LogP) is 2.16. The van der Waals surface area contributed by atoms with Gasteiger partial charge in [0.15, 0.2) is 0 Å². The van der Waals surface area contributed by atoms with Crippen LogP contribution in [0.25, 0.3) is 0 Å². The topological polar surface area (TPSA) is 55.1 Å². The predicted molar refractivity (Wildman–Crippen MR) is 71.1 cm³/mol. The van der Waals surface area contributed by atoms with Crippen LogP contribution in [0.1, 0.15) is 41.3 Å².